The van der Waals surface area contributed by atoms with Crippen LogP contribution in [0.2, 0.25) is 0 Å². The normalized spacial score (nSPS) is 14.5. The number of carboxylic acids is 2. The molecular formula is C59H74F3N11O14S2. The molecular weight excluding hydrogens is 1210 g/mol. The number of hydrogen-bond donors (Lipinski definition) is 17. The highest BCUT2D eigenvalue weighted by Gasteiger charge is 2.39. The number of para-hydroxylation sites is 1. The highest BCUT2D eigenvalue weighted by Crippen LogP contribution is 2.20. The van der Waals surface area contributed by atoms with E-state index in [1.165, 1.54) is 26.0 Å². The van der Waals surface area contributed by atoms with E-state index in [1.807, 2.05) is 6.07 Å². The number of carboxylic acid groups (broad SMARTS) is 2. The standard InChI is InChI=1S/C57H73N11O12S2.C2HF3O2/c1-32(61-52(74)43(26-34-13-5-3-6-14-34)64-55(77)46(30-81)66-50(72)40(59)25-36-20-22-38(70)23-21-36)49(71)63-45(28-37-29-60-41-18-10-9-17-39(37)41)54(76)62-42(19-11-12-24-58)51(73)68-48(33(2)69)56(78)65-44(27-35-15-7-4-8-16-35)53(75)67-47(31-82)57(79)80;3-2(4,5)1(6)7/h3-10,13-18,20-23,29,32-33,40,42-48,60,69-70,81-82H,11-12,19,24-28,30-31,58-59H2,1-2H3,(H,61,74)(H,62,76)(H,63,71)(H,64,77)(H,65,78)(H,66,72)(H,67,75)(H,68,73)(H,79,80);(H,6,7)/t32-,33+,40-,42-,43-,44-,45-,46-,47-,48-;/m0./s1. The Morgan fingerprint density at radius 2 is 0.966 bits per heavy atom. The maximum atomic E-state index is 14.6. The molecule has 1 aromatic heterocycles. The number of aliphatic hydroxyl groups is 1. The van der Waals surface area contributed by atoms with Crippen LogP contribution in [-0.2, 0) is 73.6 Å². The monoisotopic (exact) mass is 1280 g/mol. The summed E-state index contributed by atoms with van der Waals surface area (Å²) in [6.45, 7) is 2.82. The number of aromatic nitrogens is 1. The second-order valence-corrected chi connectivity index (χ2v) is 21.3. The fraction of sp³-hybridized carbons (Fsp3) is 0.390. The number of carbonyl (C=O) groups excluding carboxylic acids is 8. The van der Waals surface area contributed by atoms with Crippen LogP contribution in [0.1, 0.15) is 55.4 Å². The number of aromatic amines is 1. The van der Waals surface area contributed by atoms with Crippen LogP contribution in [0.4, 0.5) is 13.2 Å². The number of aliphatic hydroxyl groups excluding tert-OH is 1. The van der Waals surface area contributed by atoms with Gasteiger partial charge in [0.2, 0.25) is 47.3 Å². The summed E-state index contributed by atoms with van der Waals surface area (Å²) in [4.78, 5) is 136. The molecule has 4 aromatic carbocycles. The first-order valence-corrected chi connectivity index (χ1v) is 29.1. The summed E-state index contributed by atoms with van der Waals surface area (Å²) in [7, 11) is 0. The van der Waals surface area contributed by atoms with Crippen LogP contribution in [0.3, 0.4) is 0 Å². The van der Waals surface area contributed by atoms with E-state index in [-0.39, 0.29) is 55.9 Å². The third-order valence-electron chi connectivity index (χ3n) is 13.5. The summed E-state index contributed by atoms with van der Waals surface area (Å²) in [6, 6.07) is 18.2. The number of phenolic OH excluding ortho intramolecular Hbond substituents is 1. The molecule has 8 amide bonds. The van der Waals surface area contributed by atoms with E-state index in [2.05, 4.69) is 72.8 Å². The summed E-state index contributed by atoms with van der Waals surface area (Å²) in [6.07, 6.45) is -4.51. The number of halogens is 3. The minimum absolute atomic E-state index is 0.0264. The Hall–Kier alpha value is -8.71. The molecule has 30 heteroatoms. The fourth-order valence-electron chi connectivity index (χ4n) is 8.66. The van der Waals surface area contributed by atoms with Gasteiger partial charge in [0, 0.05) is 47.9 Å². The van der Waals surface area contributed by atoms with Crippen LogP contribution in [0.5, 0.6) is 5.75 Å². The maximum absolute atomic E-state index is 14.6. The predicted octanol–water partition coefficient (Wildman–Crippen LogP) is 0.457. The van der Waals surface area contributed by atoms with Crippen LogP contribution in [0.15, 0.2) is 115 Å². The Bertz CT molecular complexity index is 3180. The van der Waals surface area contributed by atoms with Gasteiger partial charge in [-0.2, -0.15) is 38.4 Å². The van der Waals surface area contributed by atoms with E-state index in [4.69, 9.17) is 21.4 Å². The van der Waals surface area contributed by atoms with Gasteiger partial charge >= 0.3 is 18.1 Å². The zero-order valence-electron chi connectivity index (χ0n) is 48.4. The van der Waals surface area contributed by atoms with E-state index in [0.29, 0.717) is 35.1 Å². The van der Waals surface area contributed by atoms with E-state index in [0.717, 1.165) is 10.9 Å². The predicted molar refractivity (Wildman–Crippen MR) is 327 cm³/mol. The molecule has 0 bridgehead atoms. The van der Waals surface area contributed by atoms with Gasteiger partial charge in [0.1, 0.15) is 54.1 Å². The van der Waals surface area contributed by atoms with Gasteiger partial charge in [-0.05, 0) is 86.5 Å². The number of aromatic hydroxyl groups is 1. The second kappa shape index (κ2) is 35.9. The van der Waals surface area contributed by atoms with Crippen LogP contribution >= 0.6 is 25.3 Å². The van der Waals surface area contributed by atoms with Crippen molar-refractivity contribution in [3.8, 4) is 5.75 Å². The van der Waals surface area contributed by atoms with Crippen LogP contribution in [0.25, 0.3) is 10.9 Å². The van der Waals surface area contributed by atoms with Gasteiger partial charge in [-0.3, -0.25) is 38.4 Å². The Labute approximate surface area is 520 Å². The summed E-state index contributed by atoms with van der Waals surface area (Å²) in [5, 5.41) is 58.7. The molecule has 25 nitrogen and oxygen atoms in total. The number of thiol groups is 2. The number of H-pyrrole nitrogens is 1. The molecule has 17 N–H and O–H groups in total. The molecule has 1 heterocycles. The Kier molecular flexibility index (Phi) is 29.4. The number of carbonyl (C=O) groups is 10. The van der Waals surface area contributed by atoms with E-state index >= 15 is 0 Å². The van der Waals surface area contributed by atoms with Crippen molar-refractivity contribution in [2.45, 2.75) is 125 Å². The number of nitrogens with two attached hydrogens (primary N) is 2. The van der Waals surface area contributed by atoms with Gasteiger partial charge in [0.05, 0.1) is 12.1 Å². The number of nitrogens with one attached hydrogen (secondary N) is 9. The summed E-state index contributed by atoms with van der Waals surface area (Å²) < 4.78 is 31.7. The van der Waals surface area contributed by atoms with Crippen molar-refractivity contribution >= 4 is 95.4 Å². The molecule has 0 saturated heterocycles. The van der Waals surface area contributed by atoms with E-state index in [1.54, 1.807) is 97.2 Å². The molecule has 0 saturated carbocycles. The van der Waals surface area contributed by atoms with Gasteiger partial charge in [0.15, 0.2) is 0 Å². The fourth-order valence-corrected chi connectivity index (χ4v) is 9.16. The molecule has 0 radical (unpaired) electrons. The Balaban J connectivity index is 0.00000227. The lowest BCUT2D eigenvalue weighted by Crippen LogP contribution is -2.62. The molecule has 0 aliphatic carbocycles. The van der Waals surface area contributed by atoms with E-state index in [9.17, 15) is 71.6 Å². The van der Waals surface area contributed by atoms with Crippen molar-refractivity contribution < 1.29 is 81.5 Å². The molecule has 5 aromatic rings. The number of rotatable bonds is 32. The molecule has 5 rings (SSSR count). The number of amides is 8. The van der Waals surface area contributed by atoms with Crippen molar-refractivity contribution in [3.05, 3.63) is 138 Å². The van der Waals surface area contributed by atoms with Gasteiger partial charge < -0.3 is 79.4 Å². The minimum Gasteiger partial charge on any atom is -0.508 e. The lowest BCUT2D eigenvalue weighted by molar-refractivity contribution is -0.192. The number of hydrogen-bond acceptors (Lipinski definition) is 16. The molecule has 89 heavy (non-hydrogen) atoms. The van der Waals surface area contributed by atoms with Crippen LogP contribution < -0.4 is 54.0 Å². The first-order valence-electron chi connectivity index (χ1n) is 27.9. The van der Waals surface area contributed by atoms with Gasteiger partial charge in [-0.1, -0.05) is 91.0 Å². The minimum atomic E-state index is -5.08. The van der Waals surface area contributed by atoms with Crippen molar-refractivity contribution in [2.24, 2.45) is 11.5 Å². The SMILES string of the molecule is C[C@H](NC(=O)[C@H](Cc1ccccc1)NC(=O)[C@H](CS)NC(=O)[C@@H](N)Cc1ccc(O)cc1)C(=O)N[C@@H](Cc1c[nH]c2ccccc12)C(=O)N[C@@H](CCCCN)C(=O)N[C@H](C(=O)N[C@@H](Cc1ccccc1)C(=O)N[C@@H](CS)C(=O)O)[C@@H](C)O.O=C(O)C(F)(F)F. The van der Waals surface area contributed by atoms with Crippen molar-refractivity contribution in [3.63, 3.8) is 0 Å². The largest absolute Gasteiger partial charge is 0.508 e. The zero-order valence-corrected chi connectivity index (χ0v) is 50.2. The van der Waals surface area contributed by atoms with Crippen LogP contribution in [-0.4, -0.2) is 169 Å². The highest BCUT2D eigenvalue weighted by molar-refractivity contribution is 7.80. The first-order chi connectivity index (χ1) is 42.1. The van der Waals surface area contributed by atoms with Crippen molar-refractivity contribution in [2.75, 3.05) is 18.1 Å². The number of benzene rings is 4. The van der Waals surface area contributed by atoms with Crippen LogP contribution in [0, 0.1) is 0 Å². The Morgan fingerprint density at radius 1 is 0.528 bits per heavy atom. The topological polar surface area (TPSA) is 416 Å². The van der Waals surface area contributed by atoms with Crippen molar-refractivity contribution in [1.82, 2.24) is 47.5 Å². The van der Waals surface area contributed by atoms with Gasteiger partial charge in [-0.15, -0.1) is 0 Å². The first kappa shape index (κ1) is 72.8. The average molecular weight is 1280 g/mol. The number of unbranched alkanes of at least 4 members (excludes halogenated alkanes) is 1. The number of phenols is 1. The molecule has 0 fully saturated rings. The highest BCUT2D eigenvalue weighted by atomic mass is 32.1. The third kappa shape index (κ3) is 24.1. The quantitative estimate of drug-likeness (QED) is 0.0205. The van der Waals surface area contributed by atoms with Crippen molar-refractivity contribution in [1.29, 1.82) is 0 Å². The molecule has 10 atom stereocenters. The molecule has 482 valence electrons. The summed E-state index contributed by atoms with van der Waals surface area (Å²) in [5.41, 5.74) is 15.2. The number of aliphatic carboxylic acids is 2. The van der Waals surface area contributed by atoms with Gasteiger partial charge in [0.25, 0.3) is 0 Å². The molecule has 0 aliphatic rings. The lowest BCUT2D eigenvalue weighted by Gasteiger charge is -2.28. The smallest absolute Gasteiger partial charge is 0.490 e. The Morgan fingerprint density at radius 3 is 1.48 bits per heavy atom. The second-order valence-electron chi connectivity index (χ2n) is 20.5. The number of fused-ring (bicyclic) bond motifs is 1. The summed E-state index contributed by atoms with van der Waals surface area (Å²) >= 11 is 8.29. The molecule has 0 unspecified atom stereocenters. The van der Waals surface area contributed by atoms with E-state index < -0.39 is 126 Å². The van der Waals surface area contributed by atoms with Gasteiger partial charge in [-0.25, -0.2) is 9.59 Å². The number of alkyl halides is 3. The molecule has 0 aliphatic heterocycles. The average Bonchev–Trinajstić information content (AvgIpc) is 3.99. The third-order valence-corrected chi connectivity index (χ3v) is 14.3. The maximum Gasteiger partial charge on any atom is 0.490 e. The molecule has 0 spiro atoms. The summed E-state index contributed by atoms with van der Waals surface area (Å²) in [5.74, 6) is -11.3. The lowest BCUT2D eigenvalue weighted by atomic mass is 10.0. The zero-order chi connectivity index (χ0) is 66.0.